The normalized spacial score (nSPS) is 19.4. The van der Waals surface area contributed by atoms with Crippen molar-refractivity contribution in [3.63, 3.8) is 0 Å². The Kier molecular flexibility index (Phi) is 6.95. The number of hydrogen-bond donors (Lipinski definition) is 0. The molecule has 1 atom stereocenters. The number of piperidine rings is 1. The average molecular weight is 470 g/mol. The van der Waals surface area contributed by atoms with Gasteiger partial charge in [0.05, 0.1) is 19.2 Å². The van der Waals surface area contributed by atoms with E-state index in [0.717, 1.165) is 69.2 Å². The number of ether oxygens (including phenoxy) is 2. The van der Waals surface area contributed by atoms with Crippen molar-refractivity contribution in [3.05, 3.63) is 82.6 Å². The van der Waals surface area contributed by atoms with Crippen LogP contribution in [0, 0.1) is 5.82 Å². The highest BCUT2D eigenvalue weighted by Gasteiger charge is 2.24. The molecule has 2 aliphatic heterocycles. The van der Waals surface area contributed by atoms with Gasteiger partial charge >= 0.3 is 0 Å². The quantitative estimate of drug-likeness (QED) is 0.460. The third-order valence-electron chi connectivity index (χ3n) is 6.56. The van der Waals surface area contributed by atoms with Gasteiger partial charge in [-0.2, -0.15) is 0 Å². The molecular weight excluding hydrogens is 441 g/mol. The molecule has 3 heterocycles. The van der Waals surface area contributed by atoms with E-state index in [-0.39, 0.29) is 11.9 Å². The molecule has 5 nitrogen and oxygen atoms in total. The Labute approximate surface area is 199 Å². The van der Waals surface area contributed by atoms with Crippen LogP contribution in [0.2, 0.25) is 5.02 Å². The molecule has 0 saturated carbocycles. The van der Waals surface area contributed by atoms with E-state index in [1.54, 1.807) is 12.1 Å². The van der Waals surface area contributed by atoms with E-state index in [0.29, 0.717) is 23.1 Å². The van der Waals surface area contributed by atoms with Crippen LogP contribution in [0.1, 0.15) is 36.2 Å². The number of halogens is 2. The monoisotopic (exact) mass is 469 g/mol. The number of aromatic nitrogens is 2. The molecular formula is C26H29ClFN3O2. The number of benzene rings is 2. The first-order valence-corrected chi connectivity index (χ1v) is 12.0. The predicted molar refractivity (Wildman–Crippen MR) is 126 cm³/mol. The van der Waals surface area contributed by atoms with Crippen molar-refractivity contribution >= 4 is 11.6 Å². The van der Waals surface area contributed by atoms with Crippen molar-refractivity contribution in [2.45, 2.75) is 51.0 Å². The van der Waals surface area contributed by atoms with Crippen LogP contribution in [-0.2, 0) is 24.2 Å². The van der Waals surface area contributed by atoms with Gasteiger partial charge in [-0.25, -0.2) is 9.37 Å². The lowest BCUT2D eigenvalue weighted by Gasteiger charge is -2.33. The Hall–Kier alpha value is -2.41. The molecule has 174 valence electrons. The molecule has 0 N–H and O–H groups in total. The second-order valence-electron chi connectivity index (χ2n) is 8.89. The Balaban J connectivity index is 1.16. The highest BCUT2D eigenvalue weighted by Crippen LogP contribution is 2.27. The van der Waals surface area contributed by atoms with E-state index in [2.05, 4.69) is 14.5 Å². The van der Waals surface area contributed by atoms with Gasteiger partial charge in [0.2, 0.25) is 0 Å². The van der Waals surface area contributed by atoms with Crippen molar-refractivity contribution in [3.8, 4) is 5.75 Å². The third-order valence-corrected chi connectivity index (χ3v) is 6.79. The number of nitrogens with zero attached hydrogens (tertiary/aromatic N) is 3. The van der Waals surface area contributed by atoms with Crippen molar-refractivity contribution in [2.24, 2.45) is 0 Å². The summed E-state index contributed by atoms with van der Waals surface area (Å²) in [5.41, 5.74) is 1.61. The van der Waals surface area contributed by atoms with E-state index in [1.165, 1.54) is 6.07 Å². The molecule has 0 aliphatic carbocycles. The zero-order valence-corrected chi connectivity index (χ0v) is 19.4. The Bertz CT molecular complexity index is 1080. The van der Waals surface area contributed by atoms with Gasteiger partial charge in [-0.1, -0.05) is 35.9 Å². The summed E-state index contributed by atoms with van der Waals surface area (Å²) in [7, 11) is 0. The summed E-state index contributed by atoms with van der Waals surface area (Å²) in [6.45, 7) is 4.54. The topological polar surface area (TPSA) is 39.5 Å². The van der Waals surface area contributed by atoms with Crippen LogP contribution in [0.4, 0.5) is 4.39 Å². The lowest BCUT2D eigenvalue weighted by molar-refractivity contribution is -0.0598. The van der Waals surface area contributed by atoms with E-state index < -0.39 is 0 Å². The summed E-state index contributed by atoms with van der Waals surface area (Å²) >= 11 is 5.90. The fraction of sp³-hybridized carbons (Fsp3) is 0.423. The maximum absolute atomic E-state index is 14.3. The van der Waals surface area contributed by atoms with Crippen LogP contribution in [-0.4, -0.2) is 46.4 Å². The molecule has 3 aromatic rings. The molecule has 1 aromatic heterocycles. The van der Waals surface area contributed by atoms with Gasteiger partial charge in [-0.3, -0.25) is 4.90 Å². The number of para-hydroxylation sites is 1. The van der Waals surface area contributed by atoms with Gasteiger partial charge in [0.1, 0.15) is 23.5 Å². The maximum Gasteiger partial charge on any atom is 0.128 e. The molecule has 2 fully saturated rings. The minimum absolute atomic E-state index is 0.153. The first-order valence-electron chi connectivity index (χ1n) is 11.7. The Morgan fingerprint density at radius 1 is 1.09 bits per heavy atom. The summed E-state index contributed by atoms with van der Waals surface area (Å²) in [4.78, 5) is 7.01. The fourth-order valence-corrected chi connectivity index (χ4v) is 4.66. The second-order valence-corrected chi connectivity index (χ2v) is 9.33. The first kappa shape index (κ1) is 22.4. The van der Waals surface area contributed by atoms with Gasteiger partial charge in [0.15, 0.2) is 0 Å². The predicted octanol–water partition coefficient (Wildman–Crippen LogP) is 5.10. The average Bonchev–Trinajstić information content (AvgIpc) is 3.22. The molecule has 5 rings (SSSR count). The number of likely N-dealkylation sites (tertiary alicyclic amines) is 1. The Morgan fingerprint density at radius 2 is 1.91 bits per heavy atom. The van der Waals surface area contributed by atoms with Gasteiger partial charge in [-0.15, -0.1) is 0 Å². The molecule has 0 unspecified atom stereocenters. The van der Waals surface area contributed by atoms with E-state index in [4.69, 9.17) is 21.1 Å². The molecule has 2 saturated heterocycles. The standard InChI is InChI=1S/C26H29ClFN3O2/c27-21-6-5-19(24(28)16-21)15-20-3-1-2-4-25(20)33-22-7-11-30(12-8-22)18-26-29-10-13-31(26)17-23-9-14-32-23/h1-6,10,13,16,22-23H,7-9,11-12,14-15,17-18H2/t23-/m0/s1. The zero-order valence-electron chi connectivity index (χ0n) is 18.6. The van der Waals surface area contributed by atoms with E-state index >= 15 is 0 Å². The van der Waals surface area contributed by atoms with Crippen LogP contribution in [0.5, 0.6) is 5.75 Å². The molecule has 0 radical (unpaired) electrons. The van der Waals surface area contributed by atoms with Gasteiger partial charge in [0.25, 0.3) is 0 Å². The van der Waals surface area contributed by atoms with Gasteiger partial charge in [0, 0.05) is 43.5 Å². The molecule has 33 heavy (non-hydrogen) atoms. The van der Waals surface area contributed by atoms with Crippen molar-refractivity contribution in [2.75, 3.05) is 19.7 Å². The molecule has 0 amide bonds. The fourth-order valence-electron chi connectivity index (χ4n) is 4.51. The lowest BCUT2D eigenvalue weighted by atomic mass is 10.0. The molecule has 2 aliphatic rings. The largest absolute Gasteiger partial charge is 0.490 e. The highest BCUT2D eigenvalue weighted by molar-refractivity contribution is 6.30. The molecule has 0 spiro atoms. The minimum Gasteiger partial charge on any atom is -0.490 e. The van der Waals surface area contributed by atoms with Crippen molar-refractivity contribution in [1.82, 2.24) is 14.5 Å². The smallest absolute Gasteiger partial charge is 0.128 e. The highest BCUT2D eigenvalue weighted by atomic mass is 35.5. The summed E-state index contributed by atoms with van der Waals surface area (Å²) in [5, 5.41) is 0.409. The van der Waals surface area contributed by atoms with Crippen LogP contribution in [0.15, 0.2) is 54.9 Å². The van der Waals surface area contributed by atoms with Crippen LogP contribution in [0.25, 0.3) is 0 Å². The molecule has 7 heteroatoms. The van der Waals surface area contributed by atoms with Gasteiger partial charge in [-0.05, 0) is 48.6 Å². The van der Waals surface area contributed by atoms with Crippen molar-refractivity contribution < 1.29 is 13.9 Å². The number of imidazole rings is 1. The van der Waals surface area contributed by atoms with Crippen LogP contribution >= 0.6 is 11.6 Å². The maximum atomic E-state index is 14.3. The van der Waals surface area contributed by atoms with Crippen molar-refractivity contribution in [1.29, 1.82) is 0 Å². The number of rotatable bonds is 8. The third kappa shape index (κ3) is 5.57. The second kappa shape index (κ2) is 10.2. The van der Waals surface area contributed by atoms with Crippen LogP contribution < -0.4 is 4.74 Å². The summed E-state index contributed by atoms with van der Waals surface area (Å²) in [6.07, 6.45) is 7.93. The zero-order chi connectivity index (χ0) is 22.6. The van der Waals surface area contributed by atoms with Gasteiger partial charge < -0.3 is 14.0 Å². The van der Waals surface area contributed by atoms with E-state index in [9.17, 15) is 4.39 Å². The number of hydrogen-bond acceptors (Lipinski definition) is 4. The first-order chi connectivity index (χ1) is 16.1. The van der Waals surface area contributed by atoms with Crippen LogP contribution in [0.3, 0.4) is 0 Å². The molecule has 0 bridgehead atoms. The summed E-state index contributed by atoms with van der Waals surface area (Å²) < 4.78 is 28.5. The lowest BCUT2D eigenvalue weighted by Crippen LogP contribution is -2.39. The van der Waals surface area contributed by atoms with E-state index in [1.807, 2.05) is 36.7 Å². The molecule has 2 aromatic carbocycles. The summed E-state index contributed by atoms with van der Waals surface area (Å²) in [5.74, 6) is 1.65. The summed E-state index contributed by atoms with van der Waals surface area (Å²) in [6, 6.07) is 12.8. The Morgan fingerprint density at radius 3 is 2.67 bits per heavy atom. The SMILES string of the molecule is Fc1cc(Cl)ccc1Cc1ccccc1OC1CCN(Cc2nccn2C[C@@H]2CCO2)CC1. The minimum atomic E-state index is -0.284.